The van der Waals surface area contributed by atoms with Gasteiger partial charge in [0.2, 0.25) is 11.8 Å². The molecule has 0 spiro atoms. The van der Waals surface area contributed by atoms with Crippen LogP contribution in [-0.4, -0.2) is 98.5 Å². The Morgan fingerprint density at radius 3 is 2.63 bits per heavy atom. The predicted octanol–water partition coefficient (Wildman–Crippen LogP) is 1.10. The molecular formula is C29H40N8O4. The number of nitriles is 1. The zero-order chi connectivity index (χ0) is 29.8. The van der Waals surface area contributed by atoms with Crippen LogP contribution < -0.4 is 5.32 Å². The normalized spacial score (nSPS) is 19.0. The second-order valence-corrected chi connectivity index (χ2v) is 11.5. The maximum Gasteiger partial charge on any atom is 0.274 e. The third-order valence-electron chi connectivity index (χ3n) is 7.96. The van der Waals surface area contributed by atoms with Gasteiger partial charge in [0.05, 0.1) is 12.1 Å². The van der Waals surface area contributed by atoms with Crippen LogP contribution in [0.4, 0.5) is 0 Å². The van der Waals surface area contributed by atoms with E-state index in [4.69, 9.17) is 0 Å². The van der Waals surface area contributed by atoms with Crippen molar-refractivity contribution in [2.75, 3.05) is 39.8 Å². The van der Waals surface area contributed by atoms with Crippen molar-refractivity contribution in [2.24, 2.45) is 20.0 Å². The first kappa shape index (κ1) is 29.8. The number of aryl methyl sites for hydroxylation is 2. The number of fused-ring (bicyclic) bond motifs is 1. The van der Waals surface area contributed by atoms with E-state index in [2.05, 4.69) is 30.3 Å². The van der Waals surface area contributed by atoms with Gasteiger partial charge in [-0.25, -0.2) is 0 Å². The van der Waals surface area contributed by atoms with Crippen LogP contribution in [0, 0.1) is 17.2 Å². The molecule has 1 N–H and O–H groups in total. The molecule has 0 aromatic carbocycles. The first-order valence-corrected chi connectivity index (χ1v) is 14.2. The molecule has 4 amide bonds. The van der Waals surface area contributed by atoms with Gasteiger partial charge in [-0.2, -0.15) is 10.4 Å². The second-order valence-electron chi connectivity index (χ2n) is 11.5. The van der Waals surface area contributed by atoms with E-state index in [1.54, 1.807) is 29.5 Å². The smallest absolute Gasteiger partial charge is 0.274 e. The summed E-state index contributed by atoms with van der Waals surface area (Å²) in [4.78, 5) is 58.4. The maximum absolute atomic E-state index is 14.0. The van der Waals surface area contributed by atoms with Crippen molar-refractivity contribution < 1.29 is 19.2 Å². The van der Waals surface area contributed by atoms with Crippen LogP contribution in [-0.2, 0) is 36.5 Å². The third kappa shape index (κ3) is 6.61. The number of rotatable bonds is 4. The number of likely N-dealkylation sites (N-methyl/N-ethyl adjacent to an activating group) is 1. The number of carbonyl (C=O) groups excluding carboxylic acids is 4. The van der Waals surface area contributed by atoms with Crippen LogP contribution in [0.25, 0.3) is 0 Å². The summed E-state index contributed by atoms with van der Waals surface area (Å²) in [6.07, 6.45) is 4.67. The molecule has 2 aromatic heterocycles. The van der Waals surface area contributed by atoms with Gasteiger partial charge in [0.25, 0.3) is 11.8 Å². The van der Waals surface area contributed by atoms with Crippen molar-refractivity contribution >= 4 is 23.6 Å². The number of aromatic nitrogens is 3. The molecule has 1 unspecified atom stereocenters. The van der Waals surface area contributed by atoms with Crippen LogP contribution in [0.1, 0.15) is 70.9 Å². The lowest BCUT2D eigenvalue weighted by atomic mass is 9.89. The lowest BCUT2D eigenvalue weighted by Crippen LogP contribution is -2.50. The zero-order valence-electron chi connectivity index (χ0n) is 24.6. The molecule has 12 heteroatoms. The number of nitrogens with one attached hydrogen (secondary N) is 1. The highest BCUT2D eigenvalue weighted by atomic mass is 16.2. The van der Waals surface area contributed by atoms with E-state index in [1.165, 1.54) is 15.9 Å². The molecule has 2 bridgehead atoms. The summed E-state index contributed by atoms with van der Waals surface area (Å²) in [5, 5.41) is 16.7. The third-order valence-corrected chi connectivity index (χ3v) is 7.96. The van der Waals surface area contributed by atoms with Gasteiger partial charge in [-0.15, -0.1) is 0 Å². The Balaban J connectivity index is 1.70. The average Bonchev–Trinajstić information content (AvgIpc) is 3.47. The van der Waals surface area contributed by atoms with Crippen molar-refractivity contribution in [3.63, 3.8) is 0 Å². The minimum Gasteiger partial charge on any atom is -0.354 e. The Morgan fingerprint density at radius 1 is 1.20 bits per heavy atom. The fraction of sp³-hybridized carbons (Fsp3) is 0.586. The molecular weight excluding hydrogens is 524 g/mol. The van der Waals surface area contributed by atoms with Crippen molar-refractivity contribution in [1.82, 2.24) is 34.4 Å². The van der Waals surface area contributed by atoms with Gasteiger partial charge >= 0.3 is 0 Å². The van der Waals surface area contributed by atoms with Gasteiger partial charge in [-0.3, -0.25) is 23.9 Å². The van der Waals surface area contributed by atoms with Crippen molar-refractivity contribution in [3.05, 3.63) is 40.5 Å². The van der Waals surface area contributed by atoms with E-state index in [1.807, 2.05) is 11.9 Å². The van der Waals surface area contributed by atoms with Crippen molar-refractivity contribution in [2.45, 2.75) is 52.0 Å². The predicted molar refractivity (Wildman–Crippen MR) is 151 cm³/mol. The van der Waals surface area contributed by atoms with E-state index >= 15 is 0 Å². The molecule has 0 radical (unpaired) electrons. The van der Waals surface area contributed by atoms with Gasteiger partial charge in [0, 0.05) is 64.3 Å². The lowest BCUT2D eigenvalue weighted by Gasteiger charge is -2.36. The van der Waals surface area contributed by atoms with Gasteiger partial charge < -0.3 is 24.6 Å². The van der Waals surface area contributed by atoms with E-state index in [0.717, 1.165) is 24.1 Å². The Hall–Kier alpha value is -4.14. The summed E-state index contributed by atoms with van der Waals surface area (Å²) in [6.45, 7) is 5.04. The second kappa shape index (κ2) is 12.6. The summed E-state index contributed by atoms with van der Waals surface area (Å²) in [5.41, 5.74) is 2.79. The molecule has 220 valence electrons. The Morgan fingerprint density at radius 2 is 1.95 bits per heavy atom. The summed E-state index contributed by atoms with van der Waals surface area (Å²) in [7, 11) is 5.10. The largest absolute Gasteiger partial charge is 0.354 e. The minimum atomic E-state index is -0.343. The highest BCUT2D eigenvalue weighted by molar-refractivity contribution is 5.97. The van der Waals surface area contributed by atoms with Gasteiger partial charge in [0.15, 0.2) is 5.69 Å². The topological polar surface area (TPSA) is 137 Å². The fourth-order valence-corrected chi connectivity index (χ4v) is 5.65. The summed E-state index contributed by atoms with van der Waals surface area (Å²) in [5.74, 6) is -0.761. The number of nitrogens with zero attached hydrogens (tertiary/aromatic N) is 7. The molecule has 1 aliphatic carbocycles. The lowest BCUT2D eigenvalue weighted by molar-refractivity contribution is -0.134. The number of hydrogen-bond donors (Lipinski definition) is 1. The van der Waals surface area contributed by atoms with Crippen LogP contribution in [0.2, 0.25) is 0 Å². The molecule has 41 heavy (non-hydrogen) atoms. The van der Waals surface area contributed by atoms with Gasteiger partial charge in [-0.1, -0.05) is 13.8 Å². The molecule has 0 saturated heterocycles. The molecule has 12 nitrogen and oxygen atoms in total. The quantitative estimate of drug-likeness (QED) is 0.591. The van der Waals surface area contributed by atoms with Crippen molar-refractivity contribution in [3.8, 4) is 6.07 Å². The summed E-state index contributed by atoms with van der Waals surface area (Å²) >= 11 is 0. The van der Waals surface area contributed by atoms with E-state index in [-0.39, 0.29) is 55.8 Å². The fourth-order valence-electron chi connectivity index (χ4n) is 5.65. The molecule has 4 rings (SSSR count). The first-order valence-electron chi connectivity index (χ1n) is 14.2. The molecule has 1 atom stereocenters. The highest BCUT2D eigenvalue weighted by Crippen LogP contribution is 2.28. The number of carbonyl (C=O) groups is 4. The number of amides is 4. The zero-order valence-corrected chi connectivity index (χ0v) is 24.6. The van der Waals surface area contributed by atoms with Crippen molar-refractivity contribution in [1.29, 1.82) is 5.26 Å². The van der Waals surface area contributed by atoms with Crippen LogP contribution in [0.5, 0.6) is 0 Å². The summed E-state index contributed by atoms with van der Waals surface area (Å²) < 4.78 is 3.33. The van der Waals surface area contributed by atoms with E-state index in [0.29, 0.717) is 48.7 Å². The molecule has 2 aliphatic rings. The molecule has 3 heterocycles. The van der Waals surface area contributed by atoms with Gasteiger partial charge in [-0.05, 0) is 44.1 Å². The SMILES string of the molecule is CC(C)CCN1C(=O)CN(C(=O)c2cc(C#N)cn2C)CCCNC(=O)CN(C)C(=O)c2nn(C)c3c2CC1CC3. The average molecular weight is 565 g/mol. The Labute approximate surface area is 240 Å². The van der Waals surface area contributed by atoms with Crippen LogP contribution in [0.15, 0.2) is 12.3 Å². The van der Waals surface area contributed by atoms with Crippen LogP contribution in [0.3, 0.4) is 0 Å². The van der Waals surface area contributed by atoms with E-state index in [9.17, 15) is 24.4 Å². The summed E-state index contributed by atoms with van der Waals surface area (Å²) in [6, 6.07) is 3.44. The maximum atomic E-state index is 14.0. The van der Waals surface area contributed by atoms with Crippen LogP contribution >= 0.6 is 0 Å². The monoisotopic (exact) mass is 564 g/mol. The van der Waals surface area contributed by atoms with Gasteiger partial charge in [0.1, 0.15) is 18.3 Å². The highest BCUT2D eigenvalue weighted by Gasteiger charge is 2.35. The number of hydrogen-bond acceptors (Lipinski definition) is 6. The van der Waals surface area contributed by atoms with E-state index < -0.39 is 0 Å². The Kier molecular flexibility index (Phi) is 9.15. The molecule has 0 saturated carbocycles. The molecule has 2 aromatic rings. The Bertz CT molecular complexity index is 1370. The standard InChI is InChI=1S/C29H40N8O4/c1-19(2)9-12-37-21-7-8-23-22(14-21)27(32-35(23)5)29(41)34(4)17-25(38)31-10-6-11-36(18-26(37)39)28(40)24-13-20(15-30)16-33(24)3/h13,16,19,21H,6-12,14,17-18H2,1-5H3,(H,31,38). The molecule has 1 aliphatic heterocycles. The first-order chi connectivity index (χ1) is 19.5. The molecule has 0 fully saturated rings. The minimum absolute atomic E-state index is 0.116.